The Balaban J connectivity index is 1.55. The highest BCUT2D eigenvalue weighted by atomic mass is 35.5. The molecule has 0 spiro atoms. The van der Waals surface area contributed by atoms with Gasteiger partial charge in [0.25, 0.3) is 5.91 Å². The monoisotopic (exact) mass is 738 g/mol. The van der Waals surface area contributed by atoms with E-state index in [4.69, 9.17) is 42.1 Å². The lowest BCUT2D eigenvalue weighted by Crippen LogP contribution is -2.67. The lowest BCUT2D eigenvalue weighted by atomic mass is 9.64. The number of amides is 2. The van der Waals surface area contributed by atoms with Gasteiger partial charge in [-0.25, -0.2) is 4.79 Å². The van der Waals surface area contributed by atoms with Crippen molar-refractivity contribution in [1.82, 2.24) is 9.80 Å². The van der Waals surface area contributed by atoms with Gasteiger partial charge in [-0.3, -0.25) is 9.69 Å². The Morgan fingerprint density at radius 2 is 1.61 bits per heavy atom. The van der Waals surface area contributed by atoms with Crippen molar-refractivity contribution in [1.29, 1.82) is 0 Å². The van der Waals surface area contributed by atoms with E-state index in [1.165, 1.54) is 12.0 Å². The molecule has 0 aromatic heterocycles. The topological polar surface area (TPSA) is 97.8 Å². The SMILES string of the molecule is COCOCC1(C(C)(C)C)C(C(=O)N(Cc2cccc(Cl)c2Cl)C2CC2)=C(c2ccc(OCCOc3c(C)cccc3C)cc2)CCN1C(=O)O. The van der Waals surface area contributed by atoms with Crippen LogP contribution < -0.4 is 9.47 Å². The van der Waals surface area contributed by atoms with Gasteiger partial charge in [-0.2, -0.15) is 0 Å². The highest BCUT2D eigenvalue weighted by Crippen LogP contribution is 2.50. The fourth-order valence-electron chi connectivity index (χ4n) is 7.03. The second-order valence-corrected chi connectivity index (χ2v) is 15.0. The molecule has 0 saturated heterocycles. The van der Waals surface area contributed by atoms with Crippen LogP contribution >= 0.6 is 23.2 Å². The van der Waals surface area contributed by atoms with E-state index in [-0.39, 0.29) is 38.4 Å². The second kappa shape index (κ2) is 16.3. The molecular formula is C40H48Cl2N2O7. The Hall–Kier alpha value is -3.76. The third-order valence-corrected chi connectivity index (χ3v) is 10.6. The molecule has 5 rings (SSSR count). The summed E-state index contributed by atoms with van der Waals surface area (Å²) >= 11 is 13.0. The lowest BCUT2D eigenvalue weighted by Gasteiger charge is -2.55. The van der Waals surface area contributed by atoms with Crippen LogP contribution in [-0.2, 0) is 20.8 Å². The van der Waals surface area contributed by atoms with Crippen molar-refractivity contribution in [3.05, 3.63) is 98.5 Å². The first-order valence-corrected chi connectivity index (χ1v) is 18.0. The van der Waals surface area contributed by atoms with E-state index in [0.717, 1.165) is 46.4 Å². The summed E-state index contributed by atoms with van der Waals surface area (Å²) in [6.07, 6.45) is 0.863. The minimum Gasteiger partial charge on any atom is -0.490 e. The molecule has 1 heterocycles. The quantitative estimate of drug-likeness (QED) is 0.130. The van der Waals surface area contributed by atoms with Gasteiger partial charge in [-0.05, 0) is 84.6 Å². The Morgan fingerprint density at radius 1 is 0.961 bits per heavy atom. The van der Waals surface area contributed by atoms with E-state index in [9.17, 15) is 9.90 Å². The number of rotatable bonds is 14. The molecule has 3 aromatic carbocycles. The summed E-state index contributed by atoms with van der Waals surface area (Å²) in [6, 6.07) is 19.0. The number of carbonyl (C=O) groups excluding carboxylic acids is 1. The molecule has 11 heteroatoms. The number of benzene rings is 3. The molecule has 1 saturated carbocycles. The standard InChI is InChI=1S/C40H48Cl2N2O7/c1-26-9-7-10-27(2)36(26)51-22-21-50-31-17-13-28(14-18-31)32-19-20-44(38(46)47)40(39(3,4)5,24-49-25-48-6)34(32)37(45)43(30-15-16-30)23-29-11-8-12-33(41)35(29)42/h7-14,17-18,30H,15-16,19-25H2,1-6H3,(H,46,47). The number of carboxylic acid groups (broad SMARTS) is 1. The van der Waals surface area contributed by atoms with Crippen molar-refractivity contribution in [2.75, 3.05) is 40.3 Å². The molecule has 1 aliphatic heterocycles. The molecule has 1 unspecified atom stereocenters. The highest BCUT2D eigenvalue weighted by Gasteiger charge is 2.58. The van der Waals surface area contributed by atoms with Crippen LogP contribution in [0.2, 0.25) is 10.0 Å². The fourth-order valence-corrected chi connectivity index (χ4v) is 7.41. The summed E-state index contributed by atoms with van der Waals surface area (Å²) in [5.41, 5.74) is 2.67. The molecule has 1 aliphatic carbocycles. The summed E-state index contributed by atoms with van der Waals surface area (Å²) in [5, 5.41) is 11.5. The van der Waals surface area contributed by atoms with Gasteiger partial charge in [0.2, 0.25) is 0 Å². The van der Waals surface area contributed by atoms with Crippen LogP contribution in [0.15, 0.2) is 66.2 Å². The number of halogens is 2. The number of carbonyl (C=O) groups is 2. The predicted octanol–water partition coefficient (Wildman–Crippen LogP) is 8.80. The van der Waals surface area contributed by atoms with Crippen molar-refractivity contribution >= 4 is 40.8 Å². The maximum absolute atomic E-state index is 15.3. The summed E-state index contributed by atoms with van der Waals surface area (Å²) in [7, 11) is 1.51. The summed E-state index contributed by atoms with van der Waals surface area (Å²) < 4.78 is 23.3. The zero-order chi connectivity index (χ0) is 36.9. The number of methoxy groups -OCH3 is 1. The third-order valence-electron chi connectivity index (χ3n) is 9.79. The number of ether oxygens (including phenoxy) is 4. The number of para-hydroxylation sites is 1. The highest BCUT2D eigenvalue weighted by molar-refractivity contribution is 6.42. The number of aryl methyl sites for hydroxylation is 2. The van der Waals surface area contributed by atoms with Gasteiger partial charge in [-0.1, -0.05) is 86.4 Å². The molecule has 51 heavy (non-hydrogen) atoms. The molecular weight excluding hydrogens is 691 g/mol. The van der Waals surface area contributed by atoms with E-state index >= 15 is 4.79 Å². The first kappa shape index (κ1) is 38.5. The van der Waals surface area contributed by atoms with E-state index in [0.29, 0.717) is 41.0 Å². The van der Waals surface area contributed by atoms with Gasteiger partial charge in [0.1, 0.15) is 37.0 Å². The first-order valence-electron chi connectivity index (χ1n) is 17.3. The van der Waals surface area contributed by atoms with Gasteiger partial charge in [0, 0.05) is 31.8 Å². The molecule has 274 valence electrons. The Morgan fingerprint density at radius 3 is 2.22 bits per heavy atom. The average molecular weight is 740 g/mol. The largest absolute Gasteiger partial charge is 0.490 e. The molecule has 2 aliphatic rings. The smallest absolute Gasteiger partial charge is 0.408 e. The van der Waals surface area contributed by atoms with Crippen LogP contribution in [0.4, 0.5) is 4.79 Å². The van der Waals surface area contributed by atoms with Crippen LogP contribution in [-0.4, -0.2) is 78.8 Å². The number of hydrogen-bond donors (Lipinski definition) is 1. The van der Waals surface area contributed by atoms with Gasteiger partial charge < -0.3 is 29.0 Å². The second-order valence-electron chi connectivity index (χ2n) is 14.2. The molecule has 3 aromatic rings. The Bertz CT molecular complexity index is 1730. The zero-order valence-corrected chi connectivity index (χ0v) is 31.8. The number of hydrogen-bond acceptors (Lipinski definition) is 6. The molecule has 9 nitrogen and oxygen atoms in total. The van der Waals surface area contributed by atoms with Crippen LogP contribution in [0.5, 0.6) is 11.5 Å². The summed E-state index contributed by atoms with van der Waals surface area (Å²) in [5.74, 6) is 1.26. The Kier molecular flexibility index (Phi) is 12.3. The molecule has 2 amide bonds. The van der Waals surface area contributed by atoms with E-state index < -0.39 is 17.0 Å². The summed E-state index contributed by atoms with van der Waals surface area (Å²) in [6.45, 7) is 10.9. The van der Waals surface area contributed by atoms with Crippen molar-refractivity contribution < 1.29 is 33.6 Å². The van der Waals surface area contributed by atoms with Crippen LogP contribution in [0, 0.1) is 19.3 Å². The molecule has 1 N–H and O–H groups in total. The van der Waals surface area contributed by atoms with Gasteiger partial charge in [0.05, 0.1) is 16.7 Å². The zero-order valence-electron chi connectivity index (χ0n) is 30.3. The van der Waals surface area contributed by atoms with E-state index in [1.807, 2.05) is 94.1 Å². The molecule has 0 bridgehead atoms. The number of nitrogens with zero attached hydrogens (tertiary/aromatic N) is 2. The minimum absolute atomic E-state index is 0.0273. The molecule has 1 fully saturated rings. The lowest BCUT2D eigenvalue weighted by molar-refractivity contribution is -0.135. The first-order chi connectivity index (χ1) is 24.3. The van der Waals surface area contributed by atoms with Gasteiger partial charge in [0.15, 0.2) is 0 Å². The van der Waals surface area contributed by atoms with Crippen LogP contribution in [0.25, 0.3) is 5.57 Å². The normalized spacial score (nSPS) is 17.8. The van der Waals surface area contributed by atoms with Crippen molar-refractivity contribution in [2.24, 2.45) is 5.41 Å². The average Bonchev–Trinajstić information content (AvgIpc) is 3.93. The fraction of sp³-hybridized carbons (Fsp3) is 0.450. The van der Waals surface area contributed by atoms with Crippen molar-refractivity contribution in [2.45, 2.75) is 72.0 Å². The minimum atomic E-state index is -1.37. The van der Waals surface area contributed by atoms with Gasteiger partial charge in [-0.15, -0.1) is 0 Å². The van der Waals surface area contributed by atoms with Crippen LogP contribution in [0.3, 0.4) is 0 Å². The Labute approximate surface area is 311 Å². The third kappa shape index (κ3) is 8.33. The molecule has 0 radical (unpaired) electrons. The predicted molar refractivity (Wildman–Crippen MR) is 200 cm³/mol. The summed E-state index contributed by atoms with van der Waals surface area (Å²) in [4.78, 5) is 31.6. The van der Waals surface area contributed by atoms with E-state index in [2.05, 4.69) is 0 Å². The van der Waals surface area contributed by atoms with Crippen LogP contribution in [0.1, 0.15) is 62.3 Å². The molecule has 1 atom stereocenters. The maximum Gasteiger partial charge on any atom is 0.408 e. The van der Waals surface area contributed by atoms with Crippen molar-refractivity contribution in [3.8, 4) is 11.5 Å². The van der Waals surface area contributed by atoms with E-state index in [1.54, 1.807) is 6.07 Å². The van der Waals surface area contributed by atoms with Gasteiger partial charge >= 0.3 is 6.09 Å². The van der Waals surface area contributed by atoms with Crippen molar-refractivity contribution in [3.63, 3.8) is 0 Å². The maximum atomic E-state index is 15.3.